The van der Waals surface area contributed by atoms with Crippen LogP contribution in [-0.4, -0.2) is 32.6 Å². The number of nitrogens with zero attached hydrogens (tertiary/aromatic N) is 5. The summed E-state index contributed by atoms with van der Waals surface area (Å²) in [7, 11) is 0. The average molecular weight is 362 g/mol. The Morgan fingerprint density at radius 3 is 2.69 bits per heavy atom. The van der Waals surface area contributed by atoms with Gasteiger partial charge in [0.15, 0.2) is 0 Å². The minimum atomic E-state index is 0.771. The number of fused-ring (bicyclic) bond motifs is 1. The second-order valence-corrected chi connectivity index (χ2v) is 7.23. The molecule has 4 heterocycles. The summed E-state index contributed by atoms with van der Waals surface area (Å²) >= 11 is 1.64. The van der Waals surface area contributed by atoms with E-state index in [9.17, 15) is 0 Å². The molecule has 0 bridgehead atoms. The van der Waals surface area contributed by atoms with Crippen molar-refractivity contribution in [1.82, 2.24) is 19.5 Å². The second kappa shape index (κ2) is 6.42. The van der Waals surface area contributed by atoms with Crippen LogP contribution in [-0.2, 0) is 0 Å². The summed E-state index contributed by atoms with van der Waals surface area (Å²) in [5, 5.41) is 6.47. The Labute approximate surface area is 155 Å². The van der Waals surface area contributed by atoms with Crippen molar-refractivity contribution in [1.29, 1.82) is 0 Å². The summed E-state index contributed by atoms with van der Waals surface area (Å²) < 4.78 is 2.00. The molecule has 1 saturated heterocycles. The fourth-order valence-electron chi connectivity index (χ4n) is 3.25. The molecular weight excluding hydrogens is 344 g/mol. The number of hydrogen-bond donors (Lipinski definition) is 1. The minimum absolute atomic E-state index is 0.771. The SMILES string of the molecule is c1ccc(-n2cnc(Nc3nc(N4CCCC4)nc4sccc34)c2)cc1. The molecule has 1 aliphatic rings. The zero-order valence-corrected chi connectivity index (χ0v) is 15.0. The number of anilines is 3. The Balaban J connectivity index is 1.49. The van der Waals surface area contributed by atoms with Crippen LogP contribution in [0.1, 0.15) is 12.8 Å². The summed E-state index contributed by atoms with van der Waals surface area (Å²) in [4.78, 5) is 17.3. The average Bonchev–Trinajstić information content (AvgIpc) is 3.43. The molecule has 0 spiro atoms. The molecule has 0 atom stereocenters. The van der Waals surface area contributed by atoms with Gasteiger partial charge in [-0.3, -0.25) is 0 Å². The van der Waals surface area contributed by atoms with Gasteiger partial charge in [0.25, 0.3) is 0 Å². The molecule has 3 aromatic heterocycles. The largest absolute Gasteiger partial charge is 0.341 e. The fraction of sp³-hybridized carbons (Fsp3) is 0.211. The normalized spacial score (nSPS) is 14.2. The molecule has 26 heavy (non-hydrogen) atoms. The van der Waals surface area contributed by atoms with Crippen molar-refractivity contribution in [3.05, 3.63) is 54.3 Å². The van der Waals surface area contributed by atoms with Crippen LogP contribution in [0.3, 0.4) is 0 Å². The Hall–Kier alpha value is -2.93. The van der Waals surface area contributed by atoms with Crippen LogP contribution in [0.15, 0.2) is 54.3 Å². The van der Waals surface area contributed by atoms with E-state index in [1.165, 1.54) is 12.8 Å². The molecule has 1 aromatic carbocycles. The molecule has 0 radical (unpaired) electrons. The minimum Gasteiger partial charge on any atom is -0.341 e. The number of para-hydroxylation sites is 1. The Bertz CT molecular complexity index is 1030. The van der Waals surface area contributed by atoms with Gasteiger partial charge >= 0.3 is 0 Å². The number of aromatic nitrogens is 4. The van der Waals surface area contributed by atoms with E-state index < -0.39 is 0 Å². The van der Waals surface area contributed by atoms with Gasteiger partial charge in [0.2, 0.25) is 5.95 Å². The molecule has 4 aromatic rings. The van der Waals surface area contributed by atoms with Crippen LogP contribution >= 0.6 is 11.3 Å². The molecule has 1 fully saturated rings. The van der Waals surface area contributed by atoms with E-state index in [0.717, 1.165) is 46.6 Å². The van der Waals surface area contributed by atoms with Crippen LogP contribution < -0.4 is 10.2 Å². The summed E-state index contributed by atoms with van der Waals surface area (Å²) in [5.41, 5.74) is 1.08. The van der Waals surface area contributed by atoms with E-state index >= 15 is 0 Å². The lowest BCUT2D eigenvalue weighted by Crippen LogP contribution is -2.20. The highest BCUT2D eigenvalue weighted by Crippen LogP contribution is 2.30. The van der Waals surface area contributed by atoms with Gasteiger partial charge in [-0.2, -0.15) is 4.98 Å². The van der Waals surface area contributed by atoms with E-state index in [1.807, 2.05) is 35.3 Å². The number of hydrogen-bond acceptors (Lipinski definition) is 6. The molecular formula is C19H18N6S. The standard InChI is InChI=1S/C19H18N6S/c1-2-6-14(7-3-1)25-12-16(20-13-25)21-17-15-8-11-26-18(15)23-19(22-17)24-9-4-5-10-24/h1-3,6-8,11-13H,4-5,9-10H2,(H,21,22,23). The van der Waals surface area contributed by atoms with Crippen molar-refractivity contribution >= 4 is 39.1 Å². The smallest absolute Gasteiger partial charge is 0.228 e. The van der Waals surface area contributed by atoms with Gasteiger partial charge < -0.3 is 14.8 Å². The lowest BCUT2D eigenvalue weighted by molar-refractivity contribution is 0.910. The molecule has 0 amide bonds. The zero-order valence-electron chi connectivity index (χ0n) is 14.2. The van der Waals surface area contributed by atoms with Crippen LogP contribution in [0.4, 0.5) is 17.6 Å². The summed E-state index contributed by atoms with van der Waals surface area (Å²) in [6.45, 7) is 2.05. The van der Waals surface area contributed by atoms with Crippen molar-refractivity contribution in [3.8, 4) is 5.69 Å². The topological polar surface area (TPSA) is 58.9 Å². The number of rotatable bonds is 4. The highest BCUT2D eigenvalue weighted by Gasteiger charge is 2.18. The van der Waals surface area contributed by atoms with Gasteiger partial charge in [-0.15, -0.1) is 11.3 Å². The first-order valence-corrected chi connectivity index (χ1v) is 9.61. The summed E-state index contributed by atoms with van der Waals surface area (Å²) in [6, 6.07) is 12.2. The van der Waals surface area contributed by atoms with Crippen molar-refractivity contribution in [2.75, 3.05) is 23.3 Å². The second-order valence-electron chi connectivity index (χ2n) is 6.33. The van der Waals surface area contributed by atoms with Crippen LogP contribution in [0.25, 0.3) is 15.9 Å². The van der Waals surface area contributed by atoms with Crippen LogP contribution in [0.5, 0.6) is 0 Å². The van der Waals surface area contributed by atoms with Crippen molar-refractivity contribution in [3.63, 3.8) is 0 Å². The van der Waals surface area contributed by atoms with Gasteiger partial charge in [-0.25, -0.2) is 9.97 Å². The first-order chi connectivity index (χ1) is 12.9. The highest BCUT2D eigenvalue weighted by atomic mass is 32.1. The van der Waals surface area contributed by atoms with Gasteiger partial charge in [0.1, 0.15) is 22.8 Å². The maximum atomic E-state index is 4.79. The first-order valence-electron chi connectivity index (χ1n) is 8.73. The van der Waals surface area contributed by atoms with E-state index in [1.54, 1.807) is 11.3 Å². The quantitative estimate of drug-likeness (QED) is 0.589. The molecule has 130 valence electrons. The summed E-state index contributed by atoms with van der Waals surface area (Å²) in [5.74, 6) is 2.39. The lowest BCUT2D eigenvalue weighted by Gasteiger charge is -2.16. The lowest BCUT2D eigenvalue weighted by atomic mass is 10.3. The maximum absolute atomic E-state index is 4.79. The molecule has 5 rings (SSSR count). The van der Waals surface area contributed by atoms with Crippen LogP contribution in [0.2, 0.25) is 0 Å². The predicted octanol–water partition coefficient (Wildman–Crippen LogP) is 4.22. The zero-order chi connectivity index (χ0) is 17.3. The van der Waals surface area contributed by atoms with Crippen LogP contribution in [0, 0.1) is 0 Å². The van der Waals surface area contributed by atoms with E-state index in [2.05, 4.69) is 38.8 Å². The number of thiophene rings is 1. The van der Waals surface area contributed by atoms with Crippen molar-refractivity contribution in [2.45, 2.75) is 12.8 Å². The Kier molecular flexibility index (Phi) is 3.79. The van der Waals surface area contributed by atoms with E-state index in [0.29, 0.717) is 0 Å². The van der Waals surface area contributed by atoms with Gasteiger partial charge in [0.05, 0.1) is 11.6 Å². The molecule has 1 N–H and O–H groups in total. The van der Waals surface area contributed by atoms with Crippen molar-refractivity contribution in [2.24, 2.45) is 0 Å². The molecule has 6 nitrogen and oxygen atoms in total. The Morgan fingerprint density at radius 1 is 1.00 bits per heavy atom. The van der Waals surface area contributed by atoms with E-state index in [4.69, 9.17) is 9.97 Å². The monoisotopic (exact) mass is 362 g/mol. The number of benzene rings is 1. The third-order valence-corrected chi connectivity index (χ3v) is 5.39. The Morgan fingerprint density at radius 2 is 1.85 bits per heavy atom. The number of imidazole rings is 1. The third-order valence-electron chi connectivity index (χ3n) is 4.59. The highest BCUT2D eigenvalue weighted by molar-refractivity contribution is 7.16. The first kappa shape index (κ1) is 15.3. The van der Waals surface area contributed by atoms with Crippen molar-refractivity contribution < 1.29 is 0 Å². The molecule has 0 aliphatic carbocycles. The predicted molar refractivity (Wildman–Crippen MR) is 106 cm³/mol. The number of nitrogens with one attached hydrogen (secondary N) is 1. The molecule has 1 aliphatic heterocycles. The molecule has 0 saturated carbocycles. The fourth-order valence-corrected chi connectivity index (χ4v) is 4.01. The third kappa shape index (κ3) is 2.80. The van der Waals surface area contributed by atoms with Gasteiger partial charge in [0, 0.05) is 18.8 Å². The maximum Gasteiger partial charge on any atom is 0.228 e. The molecule has 7 heteroatoms. The van der Waals surface area contributed by atoms with E-state index in [-0.39, 0.29) is 0 Å². The summed E-state index contributed by atoms with van der Waals surface area (Å²) in [6.07, 6.45) is 6.20. The van der Waals surface area contributed by atoms with Gasteiger partial charge in [-0.05, 0) is 36.4 Å². The van der Waals surface area contributed by atoms with Gasteiger partial charge in [-0.1, -0.05) is 18.2 Å². The molecule has 0 unspecified atom stereocenters.